The maximum atomic E-state index is 12.6. The van der Waals surface area contributed by atoms with E-state index in [-0.39, 0.29) is 29.4 Å². The lowest BCUT2D eigenvalue weighted by molar-refractivity contribution is -0.118. The van der Waals surface area contributed by atoms with E-state index in [1.54, 1.807) is 0 Å². The summed E-state index contributed by atoms with van der Waals surface area (Å²) in [6.07, 6.45) is -2.63. The van der Waals surface area contributed by atoms with Crippen molar-refractivity contribution in [3.8, 4) is 0 Å². The molecule has 0 spiro atoms. The summed E-state index contributed by atoms with van der Waals surface area (Å²) in [6, 6.07) is 4.12. The van der Waals surface area contributed by atoms with Crippen molar-refractivity contribution >= 4 is 17.3 Å². The molecular formula is C10H13F2N3O. The molecule has 1 aromatic rings. The van der Waals surface area contributed by atoms with E-state index in [0.717, 1.165) is 0 Å². The Hall–Kier alpha value is -1.85. The number of halogens is 2. The third-order valence-corrected chi connectivity index (χ3v) is 2.03. The molecule has 0 aromatic heterocycles. The van der Waals surface area contributed by atoms with Crippen LogP contribution in [0.3, 0.4) is 0 Å². The van der Waals surface area contributed by atoms with Gasteiger partial charge in [-0.25, -0.2) is 8.78 Å². The number of hydrogen-bond acceptors (Lipinski definition) is 3. The second kappa shape index (κ2) is 5.29. The molecule has 0 heterocycles. The largest absolute Gasteiger partial charge is 0.399 e. The number of nitrogen functional groups attached to an aromatic ring is 1. The zero-order valence-electron chi connectivity index (χ0n) is 8.76. The monoisotopic (exact) mass is 229 g/mol. The van der Waals surface area contributed by atoms with E-state index >= 15 is 0 Å². The molecule has 0 aliphatic rings. The summed E-state index contributed by atoms with van der Waals surface area (Å²) in [5.74, 6) is -0.281. The van der Waals surface area contributed by atoms with Gasteiger partial charge < -0.3 is 16.4 Å². The quantitative estimate of drug-likeness (QED) is 0.683. The smallest absolute Gasteiger partial charge is 0.265 e. The van der Waals surface area contributed by atoms with Crippen LogP contribution in [-0.4, -0.2) is 19.5 Å². The number of carbonyl (C=O) groups excluding carboxylic acids is 1. The standard InChI is InChI=1S/C10H13F2N3O/c1-14-9(16)5-15-8-3-2-6(13)4-7(8)10(11)12/h2-4,10,15H,5,13H2,1H3,(H,14,16). The highest BCUT2D eigenvalue weighted by atomic mass is 19.3. The fourth-order valence-corrected chi connectivity index (χ4v) is 1.19. The van der Waals surface area contributed by atoms with E-state index in [4.69, 9.17) is 5.73 Å². The highest BCUT2D eigenvalue weighted by Crippen LogP contribution is 2.28. The minimum atomic E-state index is -2.63. The van der Waals surface area contributed by atoms with Crippen molar-refractivity contribution in [3.05, 3.63) is 23.8 Å². The number of anilines is 2. The van der Waals surface area contributed by atoms with Crippen molar-refractivity contribution in [2.75, 3.05) is 24.6 Å². The van der Waals surface area contributed by atoms with Crippen molar-refractivity contribution in [2.45, 2.75) is 6.43 Å². The first-order chi connectivity index (χ1) is 7.54. The van der Waals surface area contributed by atoms with Crippen LogP contribution in [0.5, 0.6) is 0 Å². The minimum absolute atomic E-state index is 0.0554. The van der Waals surface area contributed by atoms with Gasteiger partial charge >= 0.3 is 0 Å². The van der Waals surface area contributed by atoms with Gasteiger partial charge in [-0.1, -0.05) is 0 Å². The van der Waals surface area contributed by atoms with E-state index in [2.05, 4.69) is 10.6 Å². The number of benzene rings is 1. The van der Waals surface area contributed by atoms with Crippen LogP contribution >= 0.6 is 0 Å². The van der Waals surface area contributed by atoms with Gasteiger partial charge in [-0.15, -0.1) is 0 Å². The molecule has 0 saturated heterocycles. The predicted molar refractivity (Wildman–Crippen MR) is 58.4 cm³/mol. The molecule has 4 N–H and O–H groups in total. The Morgan fingerprint density at radius 2 is 2.19 bits per heavy atom. The first-order valence-electron chi connectivity index (χ1n) is 4.66. The highest BCUT2D eigenvalue weighted by molar-refractivity contribution is 5.80. The van der Waals surface area contributed by atoms with Crippen LogP contribution in [0.2, 0.25) is 0 Å². The number of amides is 1. The fraction of sp³-hybridized carbons (Fsp3) is 0.300. The molecule has 88 valence electrons. The van der Waals surface area contributed by atoms with E-state index in [1.165, 1.54) is 25.2 Å². The Bertz CT molecular complexity index is 382. The summed E-state index contributed by atoms with van der Waals surface area (Å²) < 4.78 is 25.2. The van der Waals surface area contributed by atoms with Crippen molar-refractivity contribution in [2.24, 2.45) is 0 Å². The number of carbonyl (C=O) groups is 1. The Kier molecular flexibility index (Phi) is 4.04. The number of nitrogens with one attached hydrogen (secondary N) is 2. The van der Waals surface area contributed by atoms with Crippen LogP contribution in [0, 0.1) is 0 Å². The van der Waals surface area contributed by atoms with Gasteiger partial charge in [0.05, 0.1) is 6.54 Å². The van der Waals surface area contributed by atoms with Crippen LogP contribution in [0.1, 0.15) is 12.0 Å². The van der Waals surface area contributed by atoms with Gasteiger partial charge in [-0.2, -0.15) is 0 Å². The Morgan fingerprint density at radius 3 is 2.75 bits per heavy atom. The maximum absolute atomic E-state index is 12.6. The van der Waals surface area contributed by atoms with Crippen LogP contribution in [0.4, 0.5) is 20.2 Å². The average Bonchev–Trinajstić information content (AvgIpc) is 2.26. The number of likely N-dealkylation sites (N-methyl/N-ethyl adjacent to an activating group) is 1. The molecule has 0 radical (unpaired) electrons. The van der Waals surface area contributed by atoms with E-state index in [9.17, 15) is 13.6 Å². The molecule has 6 heteroatoms. The van der Waals surface area contributed by atoms with Gasteiger partial charge in [0.1, 0.15) is 0 Å². The SMILES string of the molecule is CNC(=O)CNc1ccc(N)cc1C(F)F. The van der Waals surface area contributed by atoms with Crippen LogP contribution in [0.25, 0.3) is 0 Å². The lowest BCUT2D eigenvalue weighted by Crippen LogP contribution is -2.26. The number of alkyl halides is 2. The van der Waals surface area contributed by atoms with Gasteiger partial charge in [0.15, 0.2) is 0 Å². The molecule has 0 aliphatic heterocycles. The van der Waals surface area contributed by atoms with Gasteiger partial charge in [0, 0.05) is 24.0 Å². The third-order valence-electron chi connectivity index (χ3n) is 2.03. The van der Waals surface area contributed by atoms with Gasteiger partial charge in [-0.05, 0) is 18.2 Å². The first kappa shape index (κ1) is 12.2. The van der Waals surface area contributed by atoms with Gasteiger partial charge in [0.2, 0.25) is 5.91 Å². The first-order valence-corrected chi connectivity index (χ1v) is 4.66. The molecule has 4 nitrogen and oxygen atoms in total. The van der Waals surface area contributed by atoms with Crippen molar-refractivity contribution in [1.29, 1.82) is 0 Å². The minimum Gasteiger partial charge on any atom is -0.399 e. The Balaban J connectivity index is 2.82. The average molecular weight is 229 g/mol. The van der Waals surface area contributed by atoms with Crippen LogP contribution in [-0.2, 0) is 4.79 Å². The molecule has 0 atom stereocenters. The number of hydrogen-bond donors (Lipinski definition) is 3. The van der Waals surface area contributed by atoms with Crippen molar-refractivity contribution < 1.29 is 13.6 Å². The lowest BCUT2D eigenvalue weighted by Gasteiger charge is -2.11. The predicted octanol–water partition coefficient (Wildman–Crippen LogP) is 1.36. The maximum Gasteiger partial charge on any atom is 0.265 e. The molecule has 1 rings (SSSR count). The molecular weight excluding hydrogens is 216 g/mol. The van der Waals surface area contributed by atoms with E-state index in [0.29, 0.717) is 0 Å². The summed E-state index contributed by atoms with van der Waals surface area (Å²) in [7, 11) is 1.47. The van der Waals surface area contributed by atoms with Gasteiger partial charge in [0.25, 0.3) is 6.43 Å². The second-order valence-corrected chi connectivity index (χ2v) is 3.17. The molecule has 0 unspecified atom stereocenters. The summed E-state index contributed by atoms with van der Waals surface area (Å²) in [6.45, 7) is -0.0554. The second-order valence-electron chi connectivity index (χ2n) is 3.17. The zero-order valence-corrected chi connectivity index (χ0v) is 8.76. The molecule has 0 aliphatic carbocycles. The van der Waals surface area contributed by atoms with E-state index in [1.807, 2.05) is 0 Å². The summed E-state index contributed by atoms with van der Waals surface area (Å²) >= 11 is 0. The molecule has 1 aromatic carbocycles. The van der Waals surface area contributed by atoms with Crippen LogP contribution < -0.4 is 16.4 Å². The molecule has 1 amide bonds. The molecule has 0 bridgehead atoms. The summed E-state index contributed by atoms with van der Waals surface area (Å²) in [5, 5.41) is 5.01. The Labute approximate surface area is 91.8 Å². The summed E-state index contributed by atoms with van der Waals surface area (Å²) in [4.78, 5) is 10.9. The normalized spacial score (nSPS) is 10.2. The van der Waals surface area contributed by atoms with Crippen LogP contribution in [0.15, 0.2) is 18.2 Å². The van der Waals surface area contributed by atoms with Crippen molar-refractivity contribution in [1.82, 2.24) is 5.32 Å². The highest BCUT2D eigenvalue weighted by Gasteiger charge is 2.13. The summed E-state index contributed by atoms with van der Waals surface area (Å²) in [5.41, 5.74) is 5.68. The number of rotatable bonds is 4. The lowest BCUT2D eigenvalue weighted by atomic mass is 10.1. The van der Waals surface area contributed by atoms with Gasteiger partial charge in [-0.3, -0.25) is 4.79 Å². The molecule has 0 fully saturated rings. The topological polar surface area (TPSA) is 67.2 Å². The Morgan fingerprint density at radius 1 is 1.50 bits per heavy atom. The van der Waals surface area contributed by atoms with Crippen molar-refractivity contribution in [3.63, 3.8) is 0 Å². The fourth-order valence-electron chi connectivity index (χ4n) is 1.19. The zero-order chi connectivity index (χ0) is 12.1. The molecule has 0 saturated carbocycles. The molecule has 16 heavy (non-hydrogen) atoms. The van der Waals surface area contributed by atoms with E-state index < -0.39 is 6.43 Å². The number of nitrogens with two attached hydrogens (primary N) is 1. The third kappa shape index (κ3) is 3.08.